The van der Waals surface area contributed by atoms with Crippen LogP contribution >= 0.6 is 11.3 Å². The number of amides is 1. The van der Waals surface area contributed by atoms with Crippen LogP contribution in [-0.4, -0.2) is 78.3 Å². The monoisotopic (exact) mass is 390 g/mol. The fourth-order valence-corrected chi connectivity index (χ4v) is 3.60. The van der Waals surface area contributed by atoms with Crippen LogP contribution in [0.15, 0.2) is 24.4 Å². The van der Waals surface area contributed by atoms with Gasteiger partial charge in [-0.15, -0.1) is 10.2 Å². The highest BCUT2D eigenvalue weighted by molar-refractivity contribution is 7.14. The Hall–Kier alpha value is -2.36. The first-order valence-electron chi connectivity index (χ1n) is 8.73. The van der Waals surface area contributed by atoms with Crippen molar-refractivity contribution in [2.45, 2.75) is 12.3 Å². The third kappa shape index (κ3) is 3.78. The van der Waals surface area contributed by atoms with Crippen molar-refractivity contribution in [3.8, 4) is 10.6 Å². The van der Waals surface area contributed by atoms with E-state index in [0.717, 1.165) is 21.0 Å². The molecule has 1 fully saturated rings. The highest BCUT2D eigenvalue weighted by Crippen LogP contribution is 2.26. The molecule has 0 saturated carbocycles. The van der Waals surface area contributed by atoms with Gasteiger partial charge in [0, 0.05) is 35.6 Å². The summed E-state index contributed by atoms with van der Waals surface area (Å²) in [6.07, 6.45) is 1.64. The average Bonchev–Trinajstić information content (AvgIpc) is 3.14. The van der Waals surface area contributed by atoms with Gasteiger partial charge in [0.25, 0.3) is 0 Å². The van der Waals surface area contributed by atoms with Crippen LogP contribution in [0.1, 0.15) is 5.01 Å². The normalized spacial score (nSPS) is 15.6. The number of ether oxygens (including phenoxy) is 1. The summed E-state index contributed by atoms with van der Waals surface area (Å²) >= 11 is 1.50. The molecule has 1 saturated heterocycles. The van der Waals surface area contributed by atoms with E-state index in [1.807, 2.05) is 25.1 Å². The maximum absolute atomic E-state index is 12.6. The second kappa shape index (κ2) is 7.57. The molecule has 1 N–H and O–H groups in total. The molecule has 1 aromatic carbocycles. The number of nitrogens with zero attached hydrogens (tertiary/aromatic N) is 5. The van der Waals surface area contributed by atoms with E-state index in [0.29, 0.717) is 31.8 Å². The van der Waals surface area contributed by atoms with Gasteiger partial charge in [-0.1, -0.05) is 23.5 Å². The first kappa shape index (κ1) is 19.0. The van der Waals surface area contributed by atoms with Gasteiger partial charge in [0.1, 0.15) is 10.0 Å². The van der Waals surface area contributed by atoms with Gasteiger partial charge in [-0.3, -0.25) is 10.1 Å². The molecule has 0 bridgehead atoms. The predicted octanol–water partition coefficient (Wildman–Crippen LogP) is 0.718. The zero-order chi connectivity index (χ0) is 19.7. The van der Waals surface area contributed by atoms with E-state index < -0.39 is 11.2 Å². The molecule has 4 rings (SSSR count). The molecular weight excluding hydrogens is 374 g/mol. The number of fused-ring (bicyclic) bond motifs is 1. The van der Waals surface area contributed by atoms with Gasteiger partial charge < -0.3 is 9.64 Å². The molecule has 0 atom stereocenters. The number of hydrogen-bond acceptors (Lipinski definition) is 8. The van der Waals surface area contributed by atoms with E-state index in [9.17, 15) is 4.79 Å². The SMILES string of the molecule is [B]C([B])(C(=O)Nc1ncc2ccc(-c3nnc(C)s3)cc2n1)N1CCOCC1. The first-order valence-corrected chi connectivity index (χ1v) is 9.54. The second-order valence-electron chi connectivity index (χ2n) is 6.47. The Kier molecular flexibility index (Phi) is 5.13. The Morgan fingerprint density at radius 1 is 1.29 bits per heavy atom. The number of aromatic nitrogens is 4. The minimum Gasteiger partial charge on any atom is -0.379 e. The van der Waals surface area contributed by atoms with Crippen LogP contribution < -0.4 is 5.32 Å². The fraction of sp³-hybridized carbons (Fsp3) is 0.353. The van der Waals surface area contributed by atoms with Crippen LogP contribution in [0, 0.1) is 6.92 Å². The number of benzene rings is 1. The molecule has 0 aliphatic carbocycles. The van der Waals surface area contributed by atoms with Gasteiger partial charge in [-0.05, 0) is 13.0 Å². The number of nitrogens with one attached hydrogen (secondary N) is 1. The van der Waals surface area contributed by atoms with Crippen molar-refractivity contribution in [1.82, 2.24) is 25.1 Å². The predicted molar refractivity (Wildman–Crippen MR) is 108 cm³/mol. The van der Waals surface area contributed by atoms with E-state index in [1.54, 1.807) is 11.1 Å². The summed E-state index contributed by atoms with van der Waals surface area (Å²) in [7, 11) is 12.1. The Morgan fingerprint density at radius 3 is 2.79 bits per heavy atom. The maximum Gasteiger partial charge on any atom is 0.229 e. The largest absolute Gasteiger partial charge is 0.379 e. The molecule has 1 aliphatic rings. The van der Waals surface area contributed by atoms with E-state index in [-0.39, 0.29) is 5.95 Å². The summed E-state index contributed by atoms with van der Waals surface area (Å²) in [4.78, 5) is 22.9. The number of anilines is 1. The zero-order valence-corrected chi connectivity index (χ0v) is 16.1. The van der Waals surface area contributed by atoms with Gasteiger partial charge in [-0.2, -0.15) is 0 Å². The Balaban J connectivity index is 1.57. The average molecular weight is 390 g/mol. The molecule has 1 amide bonds. The zero-order valence-electron chi connectivity index (χ0n) is 15.3. The third-order valence-corrected chi connectivity index (χ3v) is 5.37. The van der Waals surface area contributed by atoms with E-state index >= 15 is 0 Å². The van der Waals surface area contributed by atoms with Crippen molar-refractivity contribution in [3.05, 3.63) is 29.4 Å². The first-order chi connectivity index (χ1) is 13.4. The Labute approximate surface area is 168 Å². The van der Waals surface area contributed by atoms with Crippen LogP contribution in [0.3, 0.4) is 0 Å². The molecule has 1 aliphatic heterocycles. The number of aryl methyl sites for hydroxylation is 1. The molecule has 28 heavy (non-hydrogen) atoms. The number of rotatable bonds is 4. The summed E-state index contributed by atoms with van der Waals surface area (Å²) in [5, 5.41) is 11.7. The number of carbonyl (C=O) groups is 1. The van der Waals surface area contributed by atoms with E-state index in [4.69, 9.17) is 20.4 Å². The fourth-order valence-electron chi connectivity index (χ4n) is 2.91. The molecule has 8 nitrogen and oxygen atoms in total. The van der Waals surface area contributed by atoms with Crippen LogP contribution in [-0.2, 0) is 9.53 Å². The third-order valence-electron chi connectivity index (χ3n) is 4.48. The summed E-state index contributed by atoms with van der Waals surface area (Å²) < 4.78 is 5.27. The topological polar surface area (TPSA) is 93.1 Å². The van der Waals surface area contributed by atoms with Crippen LogP contribution in [0.25, 0.3) is 21.5 Å². The molecule has 2 aromatic heterocycles. The van der Waals surface area contributed by atoms with Crippen molar-refractivity contribution in [2.75, 3.05) is 31.6 Å². The summed E-state index contributed by atoms with van der Waals surface area (Å²) in [5.41, 5.74) is 1.57. The minimum absolute atomic E-state index is 0.136. The molecule has 3 aromatic rings. The molecular formula is C17H16B2N6O2S. The minimum atomic E-state index is -1.67. The lowest BCUT2D eigenvalue weighted by molar-refractivity contribution is -0.121. The number of hydrogen-bond donors (Lipinski definition) is 1. The van der Waals surface area contributed by atoms with Gasteiger partial charge in [0.2, 0.25) is 11.9 Å². The lowest BCUT2D eigenvalue weighted by atomic mass is 9.60. The molecule has 0 spiro atoms. The lowest BCUT2D eigenvalue weighted by Crippen LogP contribution is -2.61. The van der Waals surface area contributed by atoms with Crippen LogP contribution in [0.2, 0.25) is 0 Å². The van der Waals surface area contributed by atoms with Crippen molar-refractivity contribution in [1.29, 1.82) is 0 Å². The van der Waals surface area contributed by atoms with E-state index in [1.165, 1.54) is 11.3 Å². The highest BCUT2D eigenvalue weighted by Gasteiger charge is 2.34. The van der Waals surface area contributed by atoms with Gasteiger partial charge >= 0.3 is 0 Å². The molecule has 4 radical (unpaired) electrons. The van der Waals surface area contributed by atoms with Crippen LogP contribution in [0.4, 0.5) is 5.95 Å². The van der Waals surface area contributed by atoms with Gasteiger partial charge in [0.05, 0.1) is 34.4 Å². The lowest BCUT2D eigenvalue weighted by Gasteiger charge is -2.40. The van der Waals surface area contributed by atoms with Gasteiger partial charge in [0.15, 0.2) is 0 Å². The quantitative estimate of drug-likeness (QED) is 0.657. The van der Waals surface area contributed by atoms with Crippen molar-refractivity contribution < 1.29 is 9.53 Å². The Bertz CT molecular complexity index is 1020. The molecule has 138 valence electrons. The summed E-state index contributed by atoms with van der Waals surface area (Å²) in [5.74, 6) is -0.443. The molecule has 0 unspecified atom stereocenters. The van der Waals surface area contributed by atoms with Crippen LogP contribution in [0.5, 0.6) is 0 Å². The Morgan fingerprint density at radius 2 is 2.07 bits per heavy atom. The van der Waals surface area contributed by atoms with Crippen molar-refractivity contribution in [3.63, 3.8) is 0 Å². The maximum atomic E-state index is 12.6. The second-order valence-corrected chi connectivity index (χ2v) is 7.65. The highest BCUT2D eigenvalue weighted by atomic mass is 32.1. The van der Waals surface area contributed by atoms with E-state index in [2.05, 4.69) is 25.5 Å². The number of morpholine rings is 1. The summed E-state index contributed by atoms with van der Waals surface area (Å²) in [6, 6.07) is 5.72. The van der Waals surface area contributed by atoms with Gasteiger partial charge in [-0.25, -0.2) is 9.97 Å². The summed E-state index contributed by atoms with van der Waals surface area (Å²) in [6.45, 7) is 3.80. The number of carbonyl (C=O) groups excluding carboxylic acids is 1. The molecule has 3 heterocycles. The van der Waals surface area contributed by atoms with Crippen molar-refractivity contribution in [2.24, 2.45) is 0 Å². The van der Waals surface area contributed by atoms with Crippen molar-refractivity contribution >= 4 is 49.8 Å². The molecule has 11 heteroatoms. The standard InChI is InChI=1S/C17H16B2N6O2S/c1-10-23-24-14(28-10)11-2-3-12-9-20-16(21-13(12)8-11)22-15(26)17(18,19)25-4-6-27-7-5-25/h2-3,8-9H,4-7H2,1H3,(H,20,21,22,26). The smallest absolute Gasteiger partial charge is 0.229 e.